The Kier molecular flexibility index (Phi) is 9.50. The van der Waals surface area contributed by atoms with Gasteiger partial charge in [0.1, 0.15) is 29.4 Å². The molecule has 0 aliphatic rings. The van der Waals surface area contributed by atoms with Gasteiger partial charge < -0.3 is 15.7 Å². The van der Waals surface area contributed by atoms with Crippen molar-refractivity contribution in [1.82, 2.24) is 9.88 Å². The first-order chi connectivity index (χ1) is 17.4. The fourth-order valence-electron chi connectivity index (χ4n) is 4.28. The minimum Gasteiger partial charge on any atom is -0.384 e. The average molecular weight is 534 g/mol. The average Bonchev–Trinajstić information content (AvgIpc) is 3.24. The maximum absolute atomic E-state index is 14.8. The van der Waals surface area contributed by atoms with E-state index in [1.165, 1.54) is 23.2 Å². The quantitative estimate of drug-likeness (QED) is 0.352. The number of thiazole rings is 1. The molecule has 3 rings (SSSR count). The molecule has 0 fully saturated rings. The van der Waals surface area contributed by atoms with Gasteiger partial charge in [-0.05, 0) is 42.5 Å². The number of aliphatic hydroxyl groups excluding tert-OH is 1. The van der Waals surface area contributed by atoms with Crippen LogP contribution in [-0.4, -0.2) is 46.3 Å². The van der Waals surface area contributed by atoms with Gasteiger partial charge >= 0.3 is 0 Å². The number of nitrogens with zero attached hydrogens (tertiary/aromatic N) is 2. The van der Waals surface area contributed by atoms with E-state index in [0.29, 0.717) is 12.1 Å². The molecule has 1 aromatic heterocycles. The Morgan fingerprint density at radius 3 is 2.43 bits per heavy atom. The number of hydrogen-bond acceptors (Lipinski definition) is 5. The van der Waals surface area contributed by atoms with E-state index >= 15 is 0 Å². The Labute approximate surface area is 220 Å². The van der Waals surface area contributed by atoms with Crippen LogP contribution in [0.4, 0.5) is 13.2 Å². The number of benzene rings is 2. The summed E-state index contributed by atoms with van der Waals surface area (Å²) in [6.07, 6.45) is -0.661. The van der Waals surface area contributed by atoms with Gasteiger partial charge in [0, 0.05) is 29.4 Å². The van der Waals surface area contributed by atoms with Gasteiger partial charge in [-0.1, -0.05) is 51.1 Å². The normalized spacial score (nSPS) is 14.3. The summed E-state index contributed by atoms with van der Waals surface area (Å²) >= 11 is 1.24. The predicted octanol–water partition coefficient (Wildman–Crippen LogP) is 5.66. The third-order valence-corrected chi connectivity index (χ3v) is 7.17. The SMILES string of the molecule is CC(O)C(=O)N(CCC(N)CF)[C@H](c1nc(-c2cc(F)ccc2F)sc1Cc1ccccc1)C(C)(C)C. The highest BCUT2D eigenvalue weighted by Crippen LogP contribution is 2.43. The summed E-state index contributed by atoms with van der Waals surface area (Å²) in [5.74, 6) is -1.73. The first kappa shape index (κ1) is 28.8. The van der Waals surface area contributed by atoms with Crippen molar-refractivity contribution in [3.05, 3.63) is 76.3 Å². The topological polar surface area (TPSA) is 79.5 Å². The maximum atomic E-state index is 14.8. The Hall–Kier alpha value is -2.75. The third kappa shape index (κ3) is 7.18. The van der Waals surface area contributed by atoms with Crippen molar-refractivity contribution in [2.75, 3.05) is 13.2 Å². The summed E-state index contributed by atoms with van der Waals surface area (Å²) < 4.78 is 42.0. The molecule has 3 aromatic rings. The molecule has 9 heteroatoms. The molecule has 1 amide bonds. The molecule has 3 N–H and O–H groups in total. The molecule has 2 unspecified atom stereocenters. The van der Waals surface area contributed by atoms with Crippen LogP contribution >= 0.6 is 11.3 Å². The molecule has 0 aliphatic carbocycles. The van der Waals surface area contributed by atoms with E-state index in [-0.39, 0.29) is 23.5 Å². The smallest absolute Gasteiger partial charge is 0.251 e. The summed E-state index contributed by atoms with van der Waals surface area (Å²) in [4.78, 5) is 20.3. The molecule has 2 aromatic carbocycles. The number of carbonyl (C=O) groups excluding carboxylic acids is 1. The summed E-state index contributed by atoms with van der Waals surface area (Å²) in [5, 5.41) is 10.5. The minimum absolute atomic E-state index is 0.0334. The highest BCUT2D eigenvalue weighted by atomic mass is 32.1. The van der Waals surface area contributed by atoms with Gasteiger partial charge in [-0.3, -0.25) is 4.79 Å². The van der Waals surface area contributed by atoms with Gasteiger partial charge in [0.25, 0.3) is 5.91 Å². The van der Waals surface area contributed by atoms with Gasteiger partial charge in [-0.15, -0.1) is 11.3 Å². The molecule has 37 heavy (non-hydrogen) atoms. The van der Waals surface area contributed by atoms with Crippen LogP contribution in [-0.2, 0) is 11.2 Å². The van der Waals surface area contributed by atoms with Crippen LogP contribution in [0.2, 0.25) is 0 Å². The number of aromatic nitrogens is 1. The van der Waals surface area contributed by atoms with Crippen LogP contribution in [0.3, 0.4) is 0 Å². The lowest BCUT2D eigenvalue weighted by Crippen LogP contribution is -2.47. The van der Waals surface area contributed by atoms with E-state index in [9.17, 15) is 23.1 Å². The highest BCUT2D eigenvalue weighted by Gasteiger charge is 2.39. The fraction of sp³-hybridized carbons (Fsp3) is 0.429. The number of halogens is 3. The molecule has 1 heterocycles. The molecule has 0 spiro atoms. The van der Waals surface area contributed by atoms with Crippen LogP contribution in [0.15, 0.2) is 48.5 Å². The second kappa shape index (κ2) is 12.2. The number of rotatable bonds is 10. The van der Waals surface area contributed by atoms with Gasteiger partial charge in [0.05, 0.1) is 11.7 Å². The van der Waals surface area contributed by atoms with E-state index in [2.05, 4.69) is 0 Å². The van der Waals surface area contributed by atoms with E-state index in [0.717, 1.165) is 28.6 Å². The van der Waals surface area contributed by atoms with Crippen molar-refractivity contribution < 1.29 is 23.1 Å². The molecule has 5 nitrogen and oxygen atoms in total. The number of carbonyl (C=O) groups is 1. The third-order valence-electron chi connectivity index (χ3n) is 6.06. The lowest BCUT2D eigenvalue weighted by atomic mass is 9.82. The maximum Gasteiger partial charge on any atom is 0.251 e. The summed E-state index contributed by atoms with van der Waals surface area (Å²) in [7, 11) is 0. The molecule has 0 saturated heterocycles. The van der Waals surface area contributed by atoms with Crippen molar-refractivity contribution >= 4 is 17.2 Å². The number of aliphatic hydroxyl groups is 1. The summed E-state index contributed by atoms with van der Waals surface area (Å²) in [6, 6.07) is 11.4. The van der Waals surface area contributed by atoms with Gasteiger partial charge in [-0.25, -0.2) is 18.2 Å². The first-order valence-corrected chi connectivity index (χ1v) is 13.0. The first-order valence-electron chi connectivity index (χ1n) is 12.2. The largest absolute Gasteiger partial charge is 0.384 e. The summed E-state index contributed by atoms with van der Waals surface area (Å²) in [6.45, 7) is 6.54. The van der Waals surface area contributed by atoms with Crippen LogP contribution in [0.5, 0.6) is 0 Å². The lowest BCUT2D eigenvalue weighted by molar-refractivity contribution is -0.144. The number of nitrogens with two attached hydrogens (primary N) is 1. The minimum atomic E-state index is -1.30. The molecule has 0 radical (unpaired) electrons. The van der Waals surface area contributed by atoms with Gasteiger partial charge in [0.15, 0.2) is 0 Å². The Morgan fingerprint density at radius 1 is 1.16 bits per heavy atom. The van der Waals surface area contributed by atoms with Crippen molar-refractivity contribution in [3.63, 3.8) is 0 Å². The van der Waals surface area contributed by atoms with Gasteiger partial charge in [-0.2, -0.15) is 0 Å². The molecule has 0 saturated carbocycles. The molecular weight excluding hydrogens is 499 g/mol. The van der Waals surface area contributed by atoms with Crippen molar-refractivity contribution in [2.45, 2.75) is 58.7 Å². The molecule has 3 atom stereocenters. The van der Waals surface area contributed by atoms with Crippen molar-refractivity contribution in [3.8, 4) is 10.6 Å². The van der Waals surface area contributed by atoms with Crippen LogP contribution < -0.4 is 5.73 Å². The Balaban J connectivity index is 2.21. The van der Waals surface area contributed by atoms with Crippen LogP contribution in [0.1, 0.15) is 56.3 Å². The van der Waals surface area contributed by atoms with Crippen LogP contribution in [0.25, 0.3) is 10.6 Å². The number of amides is 1. The fourth-order valence-corrected chi connectivity index (χ4v) is 5.42. The number of hydrogen-bond donors (Lipinski definition) is 2. The monoisotopic (exact) mass is 533 g/mol. The Bertz CT molecular complexity index is 1200. The lowest BCUT2D eigenvalue weighted by Gasteiger charge is -2.41. The predicted molar refractivity (Wildman–Crippen MR) is 141 cm³/mol. The Morgan fingerprint density at radius 2 is 1.84 bits per heavy atom. The zero-order valence-electron chi connectivity index (χ0n) is 21.5. The van der Waals surface area contributed by atoms with E-state index in [1.54, 1.807) is 0 Å². The zero-order chi connectivity index (χ0) is 27.3. The number of alkyl halides is 1. The van der Waals surface area contributed by atoms with E-state index in [4.69, 9.17) is 10.7 Å². The highest BCUT2D eigenvalue weighted by molar-refractivity contribution is 7.15. The van der Waals surface area contributed by atoms with Crippen molar-refractivity contribution in [1.29, 1.82) is 0 Å². The standard InChI is InChI=1S/C28H34F3N3O2S/c1-17(35)27(36)34(13-12-20(32)16-29)25(28(2,3)4)24-23(14-18-8-6-5-7-9-18)37-26(33-24)21-15-19(30)10-11-22(21)31/h5-11,15,17,20,25,35H,12-14,16,32H2,1-4H3/t17?,20?,25-/m1/s1. The molecule has 0 bridgehead atoms. The summed E-state index contributed by atoms with van der Waals surface area (Å²) in [5.41, 5.74) is 6.79. The zero-order valence-corrected chi connectivity index (χ0v) is 22.4. The van der Waals surface area contributed by atoms with Crippen molar-refractivity contribution in [2.24, 2.45) is 11.1 Å². The van der Waals surface area contributed by atoms with Crippen LogP contribution in [0, 0.1) is 17.0 Å². The van der Waals surface area contributed by atoms with E-state index < -0.39 is 47.8 Å². The second-order valence-electron chi connectivity index (χ2n) is 10.3. The molecule has 0 aliphatic heterocycles. The second-order valence-corrected chi connectivity index (χ2v) is 11.4. The molecular formula is C28H34F3N3O2S. The molecule has 200 valence electrons. The van der Waals surface area contributed by atoms with Gasteiger partial charge in [0.2, 0.25) is 0 Å². The van der Waals surface area contributed by atoms with E-state index in [1.807, 2.05) is 51.1 Å².